The number of furan rings is 1. The van der Waals surface area contributed by atoms with E-state index in [9.17, 15) is 0 Å². The van der Waals surface area contributed by atoms with Crippen LogP contribution < -0.4 is 5.43 Å². The molecule has 0 spiro atoms. The zero-order valence-electron chi connectivity index (χ0n) is 12.3. The molecular formula is C16H16N4OS. The van der Waals surface area contributed by atoms with E-state index in [0.29, 0.717) is 0 Å². The molecule has 0 radical (unpaired) electrons. The molecule has 0 aliphatic heterocycles. The van der Waals surface area contributed by atoms with E-state index in [1.54, 1.807) is 23.9 Å². The van der Waals surface area contributed by atoms with Crippen LogP contribution in [0.1, 0.15) is 36.0 Å². The number of nitrogens with one attached hydrogen (secondary N) is 1. The Kier molecular flexibility index (Phi) is 3.38. The molecule has 1 N–H and O–H groups in total. The van der Waals surface area contributed by atoms with Crippen molar-refractivity contribution in [1.82, 2.24) is 9.97 Å². The number of hydrogen-bond donors (Lipinski definition) is 1. The van der Waals surface area contributed by atoms with Gasteiger partial charge in [0.1, 0.15) is 22.6 Å². The van der Waals surface area contributed by atoms with E-state index < -0.39 is 0 Å². The summed E-state index contributed by atoms with van der Waals surface area (Å²) in [5.41, 5.74) is 5.29. The van der Waals surface area contributed by atoms with E-state index >= 15 is 0 Å². The Balaban J connectivity index is 1.73. The molecule has 3 heterocycles. The summed E-state index contributed by atoms with van der Waals surface area (Å²) in [5, 5.41) is 5.54. The maximum atomic E-state index is 5.35. The minimum absolute atomic E-state index is 0.755. The molecule has 3 aromatic rings. The van der Waals surface area contributed by atoms with Gasteiger partial charge in [0.15, 0.2) is 5.82 Å². The first-order valence-corrected chi connectivity index (χ1v) is 8.24. The molecule has 0 unspecified atom stereocenters. The molecule has 3 aromatic heterocycles. The third kappa shape index (κ3) is 2.29. The summed E-state index contributed by atoms with van der Waals surface area (Å²) < 4.78 is 5.35. The molecule has 0 saturated carbocycles. The fourth-order valence-electron chi connectivity index (χ4n) is 2.85. The van der Waals surface area contributed by atoms with Gasteiger partial charge in [-0.1, -0.05) is 0 Å². The standard InChI is InChI=1S/C16H16N4OS/c1-10(12-6-4-8-21-12)19-20-15-14-11-5-2-3-7-13(11)22-16(14)18-9-17-15/h4,6,8-9H,2-3,5,7H2,1H3,(H,17,18,20)/b19-10+. The first kappa shape index (κ1) is 13.5. The van der Waals surface area contributed by atoms with Gasteiger partial charge in [-0.05, 0) is 50.3 Å². The summed E-state index contributed by atoms with van der Waals surface area (Å²) in [6.45, 7) is 1.91. The zero-order valence-corrected chi connectivity index (χ0v) is 13.1. The average molecular weight is 312 g/mol. The fourth-order valence-corrected chi connectivity index (χ4v) is 4.08. The van der Waals surface area contributed by atoms with Crippen LogP contribution in [0.25, 0.3) is 10.2 Å². The van der Waals surface area contributed by atoms with Gasteiger partial charge in [-0.2, -0.15) is 5.10 Å². The number of thiophene rings is 1. The molecule has 4 rings (SSSR count). The highest BCUT2D eigenvalue weighted by Crippen LogP contribution is 2.38. The first-order chi connectivity index (χ1) is 10.8. The summed E-state index contributed by atoms with van der Waals surface area (Å²) >= 11 is 1.79. The minimum atomic E-state index is 0.755. The molecule has 0 saturated heterocycles. The molecule has 5 nitrogen and oxygen atoms in total. The Morgan fingerprint density at radius 3 is 3.09 bits per heavy atom. The predicted octanol–water partition coefficient (Wildman–Crippen LogP) is 4.00. The minimum Gasteiger partial charge on any atom is -0.463 e. The van der Waals surface area contributed by atoms with Gasteiger partial charge >= 0.3 is 0 Å². The Bertz CT molecular complexity index is 835. The lowest BCUT2D eigenvalue weighted by Gasteiger charge is -2.11. The van der Waals surface area contributed by atoms with Crippen molar-refractivity contribution in [3.05, 3.63) is 40.9 Å². The summed E-state index contributed by atoms with van der Waals surface area (Å²) in [6, 6.07) is 3.75. The lowest BCUT2D eigenvalue weighted by atomic mass is 9.97. The summed E-state index contributed by atoms with van der Waals surface area (Å²) in [6.07, 6.45) is 8.02. The van der Waals surface area contributed by atoms with E-state index in [-0.39, 0.29) is 0 Å². The molecular weight excluding hydrogens is 296 g/mol. The van der Waals surface area contributed by atoms with Crippen molar-refractivity contribution >= 4 is 33.1 Å². The maximum absolute atomic E-state index is 5.35. The third-order valence-corrected chi connectivity index (χ3v) is 5.16. The molecule has 0 aromatic carbocycles. The molecule has 1 aliphatic rings. The van der Waals surface area contributed by atoms with Crippen LogP contribution in [-0.2, 0) is 12.8 Å². The van der Waals surface area contributed by atoms with E-state index in [2.05, 4.69) is 20.5 Å². The van der Waals surface area contributed by atoms with Crippen molar-refractivity contribution in [2.75, 3.05) is 5.43 Å². The van der Waals surface area contributed by atoms with Gasteiger partial charge in [0.2, 0.25) is 0 Å². The van der Waals surface area contributed by atoms with Crippen LogP contribution in [-0.4, -0.2) is 15.7 Å². The summed E-state index contributed by atoms with van der Waals surface area (Å²) in [5.74, 6) is 1.54. The van der Waals surface area contributed by atoms with Crippen LogP contribution in [0.3, 0.4) is 0 Å². The highest BCUT2D eigenvalue weighted by Gasteiger charge is 2.19. The lowest BCUT2D eigenvalue weighted by molar-refractivity contribution is 0.557. The van der Waals surface area contributed by atoms with Crippen molar-refractivity contribution in [3.63, 3.8) is 0 Å². The zero-order chi connectivity index (χ0) is 14.9. The van der Waals surface area contributed by atoms with Crippen LogP contribution >= 0.6 is 11.3 Å². The Morgan fingerprint density at radius 2 is 2.23 bits per heavy atom. The lowest BCUT2D eigenvalue weighted by Crippen LogP contribution is -2.02. The average Bonchev–Trinajstić information content (AvgIpc) is 3.19. The summed E-state index contributed by atoms with van der Waals surface area (Å²) in [7, 11) is 0. The number of hydrazone groups is 1. The molecule has 22 heavy (non-hydrogen) atoms. The largest absolute Gasteiger partial charge is 0.463 e. The topological polar surface area (TPSA) is 63.3 Å². The second-order valence-corrected chi connectivity index (χ2v) is 6.48. The molecule has 6 heteroatoms. The third-order valence-electron chi connectivity index (χ3n) is 3.96. The number of aromatic nitrogens is 2. The Labute approximate surface area is 132 Å². The van der Waals surface area contributed by atoms with Crippen LogP contribution in [0, 0.1) is 0 Å². The highest BCUT2D eigenvalue weighted by atomic mass is 32.1. The van der Waals surface area contributed by atoms with Gasteiger partial charge in [0.05, 0.1) is 11.6 Å². The second kappa shape index (κ2) is 5.53. The number of hydrogen-bond acceptors (Lipinski definition) is 6. The number of rotatable bonds is 3. The molecule has 1 aliphatic carbocycles. The molecule has 0 bridgehead atoms. The van der Waals surface area contributed by atoms with Crippen LogP contribution in [0.2, 0.25) is 0 Å². The van der Waals surface area contributed by atoms with Crippen molar-refractivity contribution in [2.24, 2.45) is 5.10 Å². The van der Waals surface area contributed by atoms with Gasteiger partial charge in [0.25, 0.3) is 0 Å². The molecule has 0 fully saturated rings. The predicted molar refractivity (Wildman–Crippen MR) is 88.6 cm³/mol. The van der Waals surface area contributed by atoms with Crippen molar-refractivity contribution in [1.29, 1.82) is 0 Å². The van der Waals surface area contributed by atoms with Crippen LogP contribution in [0.4, 0.5) is 5.82 Å². The van der Waals surface area contributed by atoms with Gasteiger partial charge in [-0.25, -0.2) is 9.97 Å². The SMILES string of the molecule is C/C(=N\Nc1ncnc2sc3c(c12)CCCC3)c1ccco1. The van der Waals surface area contributed by atoms with Gasteiger partial charge in [-0.15, -0.1) is 11.3 Å². The van der Waals surface area contributed by atoms with Crippen molar-refractivity contribution in [3.8, 4) is 0 Å². The van der Waals surface area contributed by atoms with E-state index in [1.165, 1.54) is 23.3 Å². The molecule has 0 atom stereocenters. The van der Waals surface area contributed by atoms with Gasteiger partial charge < -0.3 is 4.42 Å². The quantitative estimate of drug-likeness (QED) is 0.586. The monoisotopic (exact) mass is 312 g/mol. The van der Waals surface area contributed by atoms with Crippen LogP contribution in [0.15, 0.2) is 34.2 Å². The van der Waals surface area contributed by atoms with E-state index in [1.807, 2.05) is 19.1 Å². The Morgan fingerprint density at radius 1 is 1.32 bits per heavy atom. The first-order valence-electron chi connectivity index (χ1n) is 7.42. The molecule has 0 amide bonds. The van der Waals surface area contributed by atoms with Crippen molar-refractivity contribution < 1.29 is 4.42 Å². The summed E-state index contributed by atoms with van der Waals surface area (Å²) in [4.78, 5) is 11.3. The normalized spacial score (nSPS) is 15.0. The molecule has 112 valence electrons. The number of fused-ring (bicyclic) bond motifs is 3. The van der Waals surface area contributed by atoms with Gasteiger partial charge in [-0.3, -0.25) is 5.43 Å². The second-order valence-electron chi connectivity index (χ2n) is 5.40. The highest BCUT2D eigenvalue weighted by molar-refractivity contribution is 7.19. The van der Waals surface area contributed by atoms with E-state index in [0.717, 1.165) is 40.3 Å². The van der Waals surface area contributed by atoms with Gasteiger partial charge in [0, 0.05) is 4.88 Å². The number of nitrogens with zero attached hydrogens (tertiary/aromatic N) is 3. The van der Waals surface area contributed by atoms with Crippen molar-refractivity contribution in [2.45, 2.75) is 32.6 Å². The number of anilines is 1. The van der Waals surface area contributed by atoms with Crippen LogP contribution in [0.5, 0.6) is 0 Å². The Hall–Kier alpha value is -2.21. The van der Waals surface area contributed by atoms with E-state index in [4.69, 9.17) is 4.42 Å². The maximum Gasteiger partial charge on any atom is 0.158 e. The smallest absolute Gasteiger partial charge is 0.158 e. The number of aryl methyl sites for hydroxylation is 2. The fraction of sp³-hybridized carbons (Fsp3) is 0.312.